The highest BCUT2D eigenvalue weighted by atomic mass is 16.5. The van der Waals surface area contributed by atoms with Crippen LogP contribution in [0.5, 0.6) is 0 Å². The minimum Gasteiger partial charge on any atom is -0.464 e. The van der Waals surface area contributed by atoms with E-state index in [1.165, 1.54) is 0 Å². The fraction of sp³-hybridized carbons (Fsp3) is 0.667. The molecule has 4 atom stereocenters. The number of hydrogen-bond donors (Lipinski definition) is 2. The maximum atomic E-state index is 12.2. The summed E-state index contributed by atoms with van der Waals surface area (Å²) in [6, 6.07) is 0. The predicted octanol–water partition coefficient (Wildman–Crippen LogP) is 4.29. The lowest BCUT2D eigenvalue weighted by molar-refractivity contribution is -0.153. The number of rotatable bonds is 14. The molecule has 0 aromatic heterocycles. The van der Waals surface area contributed by atoms with Crippen molar-refractivity contribution in [3.63, 3.8) is 0 Å². The first-order chi connectivity index (χ1) is 13.9. The molecule has 2 N–H and O–H groups in total. The van der Waals surface area contributed by atoms with Crippen LogP contribution >= 0.6 is 0 Å². The molecule has 5 nitrogen and oxygen atoms in total. The Morgan fingerprint density at radius 1 is 1.34 bits per heavy atom. The maximum Gasteiger partial charge on any atom is 0.334 e. The van der Waals surface area contributed by atoms with Crippen LogP contribution in [0.25, 0.3) is 0 Å². The van der Waals surface area contributed by atoms with Crippen molar-refractivity contribution in [1.82, 2.24) is 0 Å². The van der Waals surface area contributed by atoms with Crippen molar-refractivity contribution < 1.29 is 24.5 Å². The average molecular weight is 407 g/mol. The SMILES string of the molecule is C=CC(O)(CC=C[C@H]1CCC(=O)[C@@H]1CC=CCCC(O)C(=O)OCC)CCCC. The summed E-state index contributed by atoms with van der Waals surface area (Å²) in [7, 11) is 0. The van der Waals surface area contributed by atoms with E-state index >= 15 is 0 Å². The number of ether oxygens (including phenoxy) is 1. The summed E-state index contributed by atoms with van der Waals surface area (Å²) in [6.07, 6.45) is 14.7. The number of carbonyl (C=O) groups excluding carboxylic acids is 2. The van der Waals surface area contributed by atoms with Gasteiger partial charge in [0, 0.05) is 12.3 Å². The Bertz CT molecular complexity index is 580. The van der Waals surface area contributed by atoms with Crippen LogP contribution in [0.3, 0.4) is 0 Å². The van der Waals surface area contributed by atoms with E-state index in [0.717, 1.165) is 19.3 Å². The zero-order valence-electron chi connectivity index (χ0n) is 18.0. The second-order valence-electron chi connectivity index (χ2n) is 7.87. The molecule has 5 heteroatoms. The molecule has 0 spiro atoms. The van der Waals surface area contributed by atoms with Crippen LogP contribution < -0.4 is 0 Å². The zero-order chi connectivity index (χ0) is 21.7. The van der Waals surface area contributed by atoms with Gasteiger partial charge in [-0.25, -0.2) is 4.79 Å². The molecule has 0 saturated heterocycles. The predicted molar refractivity (Wildman–Crippen MR) is 115 cm³/mol. The fourth-order valence-corrected chi connectivity index (χ4v) is 3.66. The van der Waals surface area contributed by atoms with Gasteiger partial charge in [-0.1, -0.05) is 50.1 Å². The number of unbranched alkanes of at least 4 members (excludes halogenated alkanes) is 1. The summed E-state index contributed by atoms with van der Waals surface area (Å²) in [5.74, 6) is -0.154. The van der Waals surface area contributed by atoms with Gasteiger partial charge in [-0.2, -0.15) is 0 Å². The third-order valence-corrected chi connectivity index (χ3v) is 5.57. The van der Waals surface area contributed by atoms with E-state index in [-0.39, 0.29) is 24.2 Å². The Labute approximate surface area is 175 Å². The van der Waals surface area contributed by atoms with Gasteiger partial charge in [-0.15, -0.1) is 6.58 Å². The quantitative estimate of drug-likeness (QED) is 0.332. The number of Topliss-reactive ketones (excluding diaryl/α,β-unsaturated/α-hetero) is 1. The number of hydrogen-bond acceptors (Lipinski definition) is 5. The van der Waals surface area contributed by atoms with Gasteiger partial charge in [-0.3, -0.25) is 4.79 Å². The van der Waals surface area contributed by atoms with Crippen molar-refractivity contribution in [1.29, 1.82) is 0 Å². The monoisotopic (exact) mass is 406 g/mol. The van der Waals surface area contributed by atoms with Crippen molar-refractivity contribution in [2.75, 3.05) is 6.61 Å². The summed E-state index contributed by atoms with van der Waals surface area (Å²) < 4.78 is 4.77. The minimum atomic E-state index is -1.10. The zero-order valence-corrected chi connectivity index (χ0v) is 18.0. The highest BCUT2D eigenvalue weighted by molar-refractivity contribution is 5.83. The second-order valence-corrected chi connectivity index (χ2v) is 7.87. The third kappa shape index (κ3) is 9.09. The van der Waals surface area contributed by atoms with Crippen molar-refractivity contribution in [3.05, 3.63) is 37.0 Å². The van der Waals surface area contributed by atoms with Gasteiger partial charge >= 0.3 is 5.97 Å². The first kappa shape index (κ1) is 25.3. The summed E-state index contributed by atoms with van der Waals surface area (Å²) >= 11 is 0. The highest BCUT2D eigenvalue weighted by Crippen LogP contribution is 2.33. The number of aliphatic hydroxyl groups is 2. The van der Waals surface area contributed by atoms with Gasteiger partial charge in [0.2, 0.25) is 0 Å². The number of esters is 1. The van der Waals surface area contributed by atoms with Gasteiger partial charge in [0.15, 0.2) is 6.10 Å². The van der Waals surface area contributed by atoms with E-state index in [1.54, 1.807) is 13.0 Å². The van der Waals surface area contributed by atoms with Crippen molar-refractivity contribution in [3.8, 4) is 0 Å². The van der Waals surface area contributed by atoms with Gasteiger partial charge in [-0.05, 0) is 51.4 Å². The Balaban J connectivity index is 2.48. The molecular weight excluding hydrogens is 368 g/mol. The molecule has 0 aromatic rings. The topological polar surface area (TPSA) is 83.8 Å². The molecule has 164 valence electrons. The lowest BCUT2D eigenvalue weighted by Crippen LogP contribution is -2.24. The minimum absolute atomic E-state index is 0.0371. The van der Waals surface area contributed by atoms with Crippen molar-refractivity contribution in [2.45, 2.75) is 83.3 Å². The molecule has 0 bridgehead atoms. The van der Waals surface area contributed by atoms with E-state index in [4.69, 9.17) is 4.74 Å². The Kier molecular flexibility index (Phi) is 11.8. The normalized spacial score (nSPS) is 22.8. The third-order valence-electron chi connectivity index (χ3n) is 5.57. The van der Waals surface area contributed by atoms with E-state index in [1.807, 2.05) is 18.2 Å². The van der Waals surface area contributed by atoms with E-state index in [9.17, 15) is 19.8 Å². The van der Waals surface area contributed by atoms with Gasteiger partial charge < -0.3 is 14.9 Å². The number of aliphatic hydroxyl groups excluding tert-OH is 1. The maximum absolute atomic E-state index is 12.2. The van der Waals surface area contributed by atoms with Crippen molar-refractivity contribution in [2.24, 2.45) is 11.8 Å². The summed E-state index contributed by atoms with van der Waals surface area (Å²) in [4.78, 5) is 23.6. The number of carbonyl (C=O) groups is 2. The van der Waals surface area contributed by atoms with E-state index < -0.39 is 17.7 Å². The lowest BCUT2D eigenvalue weighted by Gasteiger charge is -2.22. The molecule has 1 aliphatic carbocycles. The van der Waals surface area contributed by atoms with Crippen LogP contribution in [0, 0.1) is 11.8 Å². The molecule has 0 amide bonds. The average Bonchev–Trinajstić information content (AvgIpc) is 3.05. The smallest absolute Gasteiger partial charge is 0.334 e. The highest BCUT2D eigenvalue weighted by Gasteiger charge is 2.32. The summed E-state index contributed by atoms with van der Waals surface area (Å²) in [6.45, 7) is 7.82. The van der Waals surface area contributed by atoms with E-state index in [2.05, 4.69) is 19.6 Å². The Morgan fingerprint density at radius 3 is 2.76 bits per heavy atom. The molecule has 0 aliphatic heterocycles. The molecule has 1 rings (SSSR count). The molecule has 1 aliphatic rings. The first-order valence-corrected chi connectivity index (χ1v) is 10.9. The standard InChI is InChI=1S/C24H38O5/c1-4-7-17-24(28,5-2)18-11-12-19-15-16-21(25)20(19)13-9-8-10-14-22(26)23(27)29-6-3/h5,8-9,11-12,19-20,22,26,28H,2,4,6-7,10,13-18H2,1,3H3/t19-,20+,22?,24?/m0/s1. The van der Waals surface area contributed by atoms with Crippen LogP contribution in [-0.2, 0) is 14.3 Å². The van der Waals surface area contributed by atoms with Crippen LogP contribution in [0.15, 0.2) is 37.0 Å². The lowest BCUT2D eigenvalue weighted by atomic mass is 9.89. The van der Waals surface area contributed by atoms with Crippen LogP contribution in [0.2, 0.25) is 0 Å². The molecule has 29 heavy (non-hydrogen) atoms. The molecule has 2 unspecified atom stereocenters. The molecule has 1 fully saturated rings. The molecule has 1 saturated carbocycles. The van der Waals surface area contributed by atoms with Crippen molar-refractivity contribution >= 4 is 11.8 Å². The molecule has 0 heterocycles. The molecular formula is C24H38O5. The second kappa shape index (κ2) is 13.5. The largest absolute Gasteiger partial charge is 0.464 e. The summed E-state index contributed by atoms with van der Waals surface area (Å²) in [5.41, 5.74) is -0.871. The number of allylic oxidation sites excluding steroid dienone is 3. The van der Waals surface area contributed by atoms with E-state index in [0.29, 0.717) is 38.5 Å². The van der Waals surface area contributed by atoms with Crippen LogP contribution in [0.1, 0.15) is 71.6 Å². The molecule has 0 aromatic carbocycles. The molecule has 0 radical (unpaired) electrons. The summed E-state index contributed by atoms with van der Waals surface area (Å²) in [5, 5.41) is 20.2. The fourth-order valence-electron chi connectivity index (χ4n) is 3.66. The van der Waals surface area contributed by atoms with Gasteiger partial charge in [0.05, 0.1) is 12.2 Å². The van der Waals surface area contributed by atoms with Gasteiger partial charge in [0.25, 0.3) is 0 Å². The van der Waals surface area contributed by atoms with Crippen LogP contribution in [0.4, 0.5) is 0 Å². The first-order valence-electron chi connectivity index (χ1n) is 10.9. The Morgan fingerprint density at radius 2 is 2.10 bits per heavy atom. The number of ketones is 1. The van der Waals surface area contributed by atoms with Crippen LogP contribution in [-0.4, -0.2) is 40.3 Å². The van der Waals surface area contributed by atoms with Gasteiger partial charge in [0.1, 0.15) is 5.78 Å². The Hall–Kier alpha value is -1.72.